The minimum atomic E-state index is -1.80. The summed E-state index contributed by atoms with van der Waals surface area (Å²) in [6.07, 6.45) is 0. The molecule has 0 radical (unpaired) electrons. The number of carbonyl (C=O) groups is 3. The quantitative estimate of drug-likeness (QED) is 0.247. The molecule has 5 rings (SSSR count). The lowest BCUT2D eigenvalue weighted by Gasteiger charge is -2.49. The summed E-state index contributed by atoms with van der Waals surface area (Å²) in [6, 6.07) is 12.3. The van der Waals surface area contributed by atoms with E-state index in [-0.39, 0.29) is 46.0 Å². The van der Waals surface area contributed by atoms with Crippen molar-refractivity contribution in [1.29, 1.82) is 0 Å². The van der Waals surface area contributed by atoms with Gasteiger partial charge in [-0.2, -0.15) is 0 Å². The summed E-state index contributed by atoms with van der Waals surface area (Å²) in [5.74, 6) is -2.58. The molecule has 2 aliphatic rings. The van der Waals surface area contributed by atoms with E-state index in [2.05, 4.69) is 5.32 Å². The van der Waals surface area contributed by atoms with Crippen LogP contribution < -0.4 is 20.5 Å². The maximum atomic E-state index is 13.2. The molecule has 0 bridgehead atoms. The lowest BCUT2D eigenvalue weighted by atomic mass is 10.0. The van der Waals surface area contributed by atoms with Gasteiger partial charge in [-0.3, -0.25) is 18.7 Å². The molecule has 2 aliphatic heterocycles. The second kappa shape index (κ2) is 12.4. The van der Waals surface area contributed by atoms with Crippen LogP contribution in [0.2, 0.25) is 15.1 Å². The highest BCUT2D eigenvalue weighted by Crippen LogP contribution is 2.39. The van der Waals surface area contributed by atoms with Crippen molar-refractivity contribution in [2.45, 2.75) is 17.5 Å². The summed E-state index contributed by atoms with van der Waals surface area (Å²) in [6.45, 7) is -0.363. The Morgan fingerprint density at radius 2 is 1.67 bits per heavy atom. The van der Waals surface area contributed by atoms with Crippen LogP contribution in [0.3, 0.4) is 0 Å². The molecule has 1 unspecified atom stereocenters. The molecule has 0 aromatic heterocycles. The van der Waals surface area contributed by atoms with Crippen molar-refractivity contribution in [3.63, 3.8) is 0 Å². The smallest absolute Gasteiger partial charge is 0.352 e. The zero-order valence-electron chi connectivity index (χ0n) is 21.8. The van der Waals surface area contributed by atoms with Gasteiger partial charge in [-0.1, -0.05) is 46.9 Å². The Labute approximate surface area is 262 Å². The normalized spacial score (nSPS) is 20.1. The number of hydrogen-bond donors (Lipinski definition) is 4. The monoisotopic (exact) mass is 665 g/mol. The molecule has 15 heteroatoms. The van der Waals surface area contributed by atoms with Crippen LogP contribution in [0.5, 0.6) is 23.0 Å². The van der Waals surface area contributed by atoms with Crippen LogP contribution in [0.4, 0.5) is 0 Å². The fourth-order valence-electron chi connectivity index (χ4n) is 4.56. The number of nitrogens with two attached hydrogens (primary N) is 1. The topological polar surface area (TPSA) is 168 Å². The van der Waals surface area contributed by atoms with Crippen molar-refractivity contribution >= 4 is 63.4 Å². The lowest BCUT2D eigenvalue weighted by molar-refractivity contribution is -0.151. The third kappa shape index (κ3) is 6.29. The molecular formula is C28H22Cl3N3O8S. The maximum Gasteiger partial charge on any atom is 0.352 e. The molecule has 0 saturated carbocycles. The van der Waals surface area contributed by atoms with Gasteiger partial charge in [0, 0.05) is 21.7 Å². The van der Waals surface area contributed by atoms with Crippen molar-refractivity contribution in [3.05, 3.63) is 92.6 Å². The first-order valence-corrected chi connectivity index (χ1v) is 15.0. The minimum Gasteiger partial charge on any atom is -0.508 e. The largest absolute Gasteiger partial charge is 0.508 e. The average molecular weight is 667 g/mol. The van der Waals surface area contributed by atoms with E-state index in [4.69, 9.17) is 50.0 Å². The number of rotatable bonds is 9. The van der Waals surface area contributed by atoms with Crippen LogP contribution in [-0.4, -0.2) is 60.9 Å². The predicted octanol–water partition coefficient (Wildman–Crippen LogP) is 3.98. The highest BCUT2D eigenvalue weighted by Gasteiger charge is 2.57. The standard InChI is InChI=1S/C28H22Cl3N3O8S/c29-15-3-7-19(18(31)9-15)42-20-8-4-16(30)10-21(20)41-11-14-12-43(40)27-23(26(37)34(27)24(14)28(38)39)33-25(36)22(32)13-1-5-17(35)6-2-13/h1-10,22-23,27,35H,11-12,32H2,(H,33,36)(H,38,39)/t22-,23-,27-,43?/m1/s1. The van der Waals surface area contributed by atoms with E-state index in [1.54, 1.807) is 18.2 Å². The molecule has 2 amide bonds. The molecule has 0 spiro atoms. The molecule has 1 saturated heterocycles. The molecule has 0 aliphatic carbocycles. The van der Waals surface area contributed by atoms with Crippen LogP contribution in [0.25, 0.3) is 0 Å². The molecule has 2 heterocycles. The van der Waals surface area contributed by atoms with Crippen molar-refractivity contribution in [2.75, 3.05) is 12.4 Å². The van der Waals surface area contributed by atoms with Crippen molar-refractivity contribution in [2.24, 2.45) is 5.73 Å². The number of phenols is 1. The molecule has 224 valence electrons. The number of halogens is 3. The highest BCUT2D eigenvalue weighted by atomic mass is 35.5. The molecule has 3 aromatic rings. The summed E-state index contributed by atoms with van der Waals surface area (Å²) in [5, 5.41) is 21.8. The van der Waals surface area contributed by atoms with E-state index in [9.17, 15) is 28.8 Å². The highest BCUT2D eigenvalue weighted by molar-refractivity contribution is 7.86. The van der Waals surface area contributed by atoms with Crippen molar-refractivity contribution < 1.29 is 38.3 Å². The Morgan fingerprint density at radius 3 is 2.33 bits per heavy atom. The Kier molecular flexibility index (Phi) is 8.86. The zero-order valence-corrected chi connectivity index (χ0v) is 24.9. The minimum absolute atomic E-state index is 0.0170. The Balaban J connectivity index is 1.34. The number of aromatic hydroxyl groups is 1. The molecule has 4 atom stereocenters. The van der Waals surface area contributed by atoms with Gasteiger partial charge in [-0.15, -0.1) is 0 Å². The Bertz CT molecular complexity index is 1680. The summed E-state index contributed by atoms with van der Waals surface area (Å²) >= 11 is 18.3. The maximum absolute atomic E-state index is 13.2. The van der Waals surface area contributed by atoms with Crippen molar-refractivity contribution in [1.82, 2.24) is 10.2 Å². The number of phenolic OH excluding ortho intramolecular Hbond substituents is 1. The first-order valence-electron chi connectivity index (χ1n) is 12.5. The molecule has 5 N–H and O–H groups in total. The number of hydrogen-bond acceptors (Lipinski definition) is 8. The van der Waals surface area contributed by atoms with Gasteiger partial charge in [-0.05, 0) is 48.0 Å². The van der Waals surface area contributed by atoms with Crippen LogP contribution >= 0.6 is 34.8 Å². The number of amides is 2. The van der Waals surface area contributed by atoms with E-state index < -0.39 is 51.7 Å². The summed E-state index contributed by atoms with van der Waals surface area (Å²) < 4.78 is 25.0. The van der Waals surface area contributed by atoms with Gasteiger partial charge >= 0.3 is 5.97 Å². The first kappa shape index (κ1) is 30.6. The van der Waals surface area contributed by atoms with E-state index >= 15 is 0 Å². The van der Waals surface area contributed by atoms with Crippen molar-refractivity contribution in [3.8, 4) is 23.0 Å². The third-order valence-corrected chi connectivity index (χ3v) is 9.08. The fourth-order valence-corrected chi connectivity index (χ4v) is 6.84. The van der Waals surface area contributed by atoms with E-state index in [0.29, 0.717) is 15.6 Å². The fraction of sp³-hybridized carbons (Fsp3) is 0.179. The van der Waals surface area contributed by atoms with E-state index in [0.717, 1.165) is 4.90 Å². The van der Waals surface area contributed by atoms with Crippen LogP contribution in [-0.2, 0) is 25.2 Å². The van der Waals surface area contributed by atoms with Gasteiger partial charge in [0.25, 0.3) is 5.91 Å². The summed E-state index contributed by atoms with van der Waals surface area (Å²) in [5.41, 5.74) is 6.05. The zero-order chi connectivity index (χ0) is 31.0. The number of nitrogens with one attached hydrogen (secondary N) is 1. The third-order valence-electron chi connectivity index (χ3n) is 6.66. The van der Waals surface area contributed by atoms with Crippen LogP contribution in [0.1, 0.15) is 11.6 Å². The van der Waals surface area contributed by atoms with Gasteiger partial charge in [0.15, 0.2) is 11.5 Å². The second-order valence-corrected chi connectivity index (χ2v) is 12.3. The molecule has 43 heavy (non-hydrogen) atoms. The number of nitrogens with zero attached hydrogens (tertiary/aromatic N) is 1. The van der Waals surface area contributed by atoms with Gasteiger partial charge in [0.2, 0.25) is 5.91 Å². The number of carboxylic acids is 1. The van der Waals surface area contributed by atoms with Crippen LogP contribution in [0.15, 0.2) is 71.9 Å². The summed E-state index contributed by atoms with van der Waals surface area (Å²) in [4.78, 5) is 39.0. The van der Waals surface area contributed by atoms with E-state index in [1.807, 2.05) is 0 Å². The number of aliphatic carboxylic acids is 1. The van der Waals surface area contributed by atoms with Gasteiger partial charge in [-0.25, -0.2) is 4.79 Å². The molecule has 3 aromatic carbocycles. The average Bonchev–Trinajstić information content (AvgIpc) is 2.96. The first-order chi connectivity index (χ1) is 20.4. The Hall–Kier alpha value is -3.81. The number of carbonyl (C=O) groups excluding carboxylic acids is 2. The number of carboxylic acid groups (broad SMARTS) is 1. The Morgan fingerprint density at radius 1 is 1.02 bits per heavy atom. The number of benzene rings is 3. The van der Waals surface area contributed by atoms with Gasteiger partial charge in [0.05, 0.1) is 21.6 Å². The molecular weight excluding hydrogens is 645 g/mol. The summed E-state index contributed by atoms with van der Waals surface area (Å²) in [7, 11) is -1.80. The lowest BCUT2D eigenvalue weighted by Crippen LogP contribution is -2.74. The van der Waals surface area contributed by atoms with Gasteiger partial charge in [0.1, 0.15) is 41.3 Å². The van der Waals surface area contributed by atoms with Gasteiger partial charge < -0.3 is 30.7 Å². The molecule has 11 nitrogen and oxygen atoms in total. The number of ether oxygens (including phenoxy) is 2. The second-order valence-electron chi connectivity index (χ2n) is 9.49. The van der Waals surface area contributed by atoms with Crippen LogP contribution in [0, 0.1) is 0 Å². The van der Waals surface area contributed by atoms with E-state index in [1.165, 1.54) is 42.5 Å². The molecule has 1 fully saturated rings. The number of fused-ring (bicyclic) bond motifs is 1. The number of β-lactam (4-membered cyclic amide) rings is 1. The SMILES string of the molecule is N[C@@H](C(=O)N[C@@H]1C(=O)N2C(C(=O)O)=C(COc3cc(Cl)ccc3Oc3ccc(Cl)cc3Cl)CS(=O)[C@H]12)c1ccc(O)cc1. The predicted molar refractivity (Wildman–Crippen MR) is 159 cm³/mol.